The number of hydrogen-bond donors (Lipinski definition) is 1. The third-order valence-electron chi connectivity index (χ3n) is 1.19. The van der Waals surface area contributed by atoms with Gasteiger partial charge in [-0.3, -0.25) is 0 Å². The maximum atomic E-state index is 8.24. The van der Waals surface area contributed by atoms with Gasteiger partial charge in [-0.15, -0.1) is 0 Å². The summed E-state index contributed by atoms with van der Waals surface area (Å²) < 4.78 is 0. The van der Waals surface area contributed by atoms with Crippen molar-refractivity contribution in [3.8, 4) is 0 Å². The molecule has 0 heterocycles. The Morgan fingerprint density at radius 1 is 1.25 bits per heavy atom. The van der Waals surface area contributed by atoms with E-state index in [1.54, 1.807) is 0 Å². The van der Waals surface area contributed by atoms with Crippen molar-refractivity contribution in [1.29, 1.82) is 0 Å². The van der Waals surface area contributed by atoms with Crippen LogP contribution in [0.15, 0.2) is 0 Å². The molecule has 0 aromatic heterocycles. The first-order chi connectivity index (χ1) is 3.91. The molecule has 0 unspecified atom stereocenters. The van der Waals surface area contributed by atoms with Crippen molar-refractivity contribution in [3.05, 3.63) is 6.61 Å². The van der Waals surface area contributed by atoms with Gasteiger partial charge in [-0.2, -0.15) is 6.42 Å². The van der Waals surface area contributed by atoms with E-state index < -0.39 is 0 Å². The largest absolute Gasteiger partial charge is 0.566 e. The van der Waals surface area contributed by atoms with E-state index in [1.165, 1.54) is 25.9 Å². The van der Waals surface area contributed by atoms with Crippen LogP contribution in [0.4, 0.5) is 0 Å². The van der Waals surface area contributed by atoms with Gasteiger partial charge in [-0.05, 0) is 0 Å². The lowest BCUT2D eigenvalue weighted by Gasteiger charge is -2.01. The smallest absolute Gasteiger partial charge is 0.0537 e. The zero-order valence-corrected chi connectivity index (χ0v) is 5.56. The zero-order valence-electron chi connectivity index (χ0n) is 5.56. The molecule has 0 saturated heterocycles. The molecule has 1 nitrogen and oxygen atoms in total. The Balaban J connectivity index is 2.53. The second-order valence-corrected chi connectivity index (χ2v) is 2.03. The predicted octanol–water partition coefficient (Wildman–Crippen LogP) is 2.49. The zero-order chi connectivity index (χ0) is 6.24. The molecule has 0 aromatic carbocycles. The first kappa shape index (κ1) is 7.96. The lowest BCUT2D eigenvalue weighted by Crippen LogP contribution is -1.76. The summed E-state index contributed by atoms with van der Waals surface area (Å²) in [4.78, 5) is 0. The van der Waals surface area contributed by atoms with Gasteiger partial charge in [0, 0.05) is 0 Å². The van der Waals surface area contributed by atoms with Gasteiger partial charge in [0.05, 0.1) is 0 Å². The van der Waals surface area contributed by atoms with Crippen molar-refractivity contribution < 1.29 is 5.11 Å². The molecule has 0 spiro atoms. The first-order valence-corrected chi connectivity index (χ1v) is 3.37. The molecule has 0 aliphatic carbocycles. The van der Waals surface area contributed by atoms with E-state index in [9.17, 15) is 0 Å². The maximum Gasteiger partial charge on any atom is -0.0537 e. The highest BCUT2D eigenvalue weighted by atomic mass is 16.2. The normalized spacial score (nSPS) is 9.75. The summed E-state index contributed by atoms with van der Waals surface area (Å²) in [5.41, 5.74) is 0. The highest BCUT2D eigenvalue weighted by Gasteiger charge is 1.79. The molecule has 8 heavy (non-hydrogen) atoms. The molecule has 0 fully saturated rings. The Labute approximate surface area is 51.7 Å². The van der Waals surface area contributed by atoms with Crippen LogP contribution in [0.3, 0.4) is 0 Å². The average Bonchev–Trinajstić information content (AvgIpc) is 1.81. The molecule has 0 aliphatic heterocycles. The van der Waals surface area contributed by atoms with Crippen LogP contribution in [0.5, 0.6) is 0 Å². The number of unbranched alkanes of at least 4 members (excludes halogenated alkanes) is 4. The summed E-state index contributed by atoms with van der Waals surface area (Å²) in [5, 5.41) is 8.24. The molecule has 50 valence electrons. The minimum atomic E-state index is 0.861. The highest BCUT2D eigenvalue weighted by molar-refractivity contribution is 4.47. The molecule has 0 radical (unpaired) electrons. The monoisotopic (exact) mass is 115 g/mol. The molecule has 0 bridgehead atoms. The van der Waals surface area contributed by atoms with Crippen molar-refractivity contribution in [2.75, 3.05) is 0 Å². The minimum absolute atomic E-state index is 0.861. The van der Waals surface area contributed by atoms with E-state index in [4.69, 9.17) is 5.11 Å². The Hall–Kier alpha value is -0.0400. The van der Waals surface area contributed by atoms with E-state index in [-0.39, 0.29) is 0 Å². The lowest BCUT2D eigenvalue weighted by atomic mass is 10.2. The fourth-order valence-electron chi connectivity index (χ4n) is 0.662. The van der Waals surface area contributed by atoms with Gasteiger partial charge in [0.15, 0.2) is 0 Å². The van der Waals surface area contributed by atoms with E-state index in [0.29, 0.717) is 0 Å². The van der Waals surface area contributed by atoms with Crippen LogP contribution in [0.2, 0.25) is 0 Å². The third kappa shape index (κ3) is 5.96. The Morgan fingerprint density at radius 2 is 2.00 bits per heavy atom. The van der Waals surface area contributed by atoms with Crippen LogP contribution < -0.4 is 0 Å². The SMILES string of the molecule is CCCCCC[CH-]O. The topological polar surface area (TPSA) is 20.2 Å². The fourth-order valence-corrected chi connectivity index (χ4v) is 0.662. The Morgan fingerprint density at radius 3 is 2.50 bits per heavy atom. The van der Waals surface area contributed by atoms with Gasteiger partial charge in [-0.25, -0.2) is 6.61 Å². The van der Waals surface area contributed by atoms with Crippen LogP contribution in [0.25, 0.3) is 0 Å². The number of hydrogen-bond acceptors (Lipinski definition) is 1. The molecule has 1 N–H and O–H groups in total. The van der Waals surface area contributed by atoms with E-state index in [1.807, 2.05) is 0 Å². The number of rotatable bonds is 5. The van der Waals surface area contributed by atoms with Crippen LogP contribution in [-0.2, 0) is 0 Å². The molecule has 0 amide bonds. The van der Waals surface area contributed by atoms with Gasteiger partial charge in [0.1, 0.15) is 0 Å². The van der Waals surface area contributed by atoms with E-state index in [0.717, 1.165) is 12.8 Å². The maximum absolute atomic E-state index is 8.24. The predicted molar refractivity (Wildman–Crippen MR) is 35.0 cm³/mol. The van der Waals surface area contributed by atoms with Crippen molar-refractivity contribution in [3.63, 3.8) is 0 Å². The third-order valence-corrected chi connectivity index (χ3v) is 1.19. The van der Waals surface area contributed by atoms with E-state index in [2.05, 4.69) is 6.92 Å². The lowest BCUT2D eigenvalue weighted by molar-refractivity contribution is 0.367. The van der Waals surface area contributed by atoms with Gasteiger partial charge in [0.2, 0.25) is 0 Å². The highest BCUT2D eigenvalue weighted by Crippen LogP contribution is 2.01. The molecular formula is C7H15O-. The summed E-state index contributed by atoms with van der Waals surface area (Å²) in [6.07, 6.45) is 5.83. The van der Waals surface area contributed by atoms with Crippen molar-refractivity contribution in [2.24, 2.45) is 0 Å². The minimum Gasteiger partial charge on any atom is -0.566 e. The average molecular weight is 115 g/mol. The van der Waals surface area contributed by atoms with Crippen LogP contribution >= 0.6 is 0 Å². The number of aliphatic hydroxyl groups is 1. The summed E-state index contributed by atoms with van der Waals surface area (Å²) in [7, 11) is 0. The summed E-state index contributed by atoms with van der Waals surface area (Å²) in [5.74, 6) is 0. The summed E-state index contributed by atoms with van der Waals surface area (Å²) >= 11 is 0. The Bertz CT molecular complexity index is 29.4. The first-order valence-electron chi connectivity index (χ1n) is 3.37. The van der Waals surface area contributed by atoms with Crippen molar-refractivity contribution >= 4 is 0 Å². The quantitative estimate of drug-likeness (QED) is 0.431. The summed E-state index contributed by atoms with van der Waals surface area (Å²) in [6.45, 7) is 3.43. The van der Waals surface area contributed by atoms with Crippen LogP contribution in [0.1, 0.15) is 39.0 Å². The second kappa shape index (κ2) is 6.96. The molecule has 1 heteroatoms. The van der Waals surface area contributed by atoms with Gasteiger partial charge in [0.25, 0.3) is 0 Å². The van der Waals surface area contributed by atoms with Crippen LogP contribution in [-0.4, -0.2) is 5.11 Å². The Kier molecular flexibility index (Phi) is 6.93. The van der Waals surface area contributed by atoms with E-state index >= 15 is 0 Å². The van der Waals surface area contributed by atoms with Crippen molar-refractivity contribution in [1.82, 2.24) is 0 Å². The van der Waals surface area contributed by atoms with Gasteiger partial charge >= 0.3 is 0 Å². The molecule has 0 saturated carbocycles. The standard InChI is InChI=1S/C7H15O/c1-2-3-4-5-6-7-8/h7-8H,2-6H2,1H3/q-1. The fraction of sp³-hybridized carbons (Fsp3) is 0.857. The molecule has 0 rings (SSSR count). The second-order valence-electron chi connectivity index (χ2n) is 2.03. The molecule has 0 aromatic rings. The van der Waals surface area contributed by atoms with Crippen LogP contribution in [0, 0.1) is 6.61 Å². The summed E-state index contributed by atoms with van der Waals surface area (Å²) in [6, 6.07) is 0. The van der Waals surface area contributed by atoms with Gasteiger partial charge in [-0.1, -0.05) is 32.6 Å². The number of aliphatic hydroxyl groups excluding tert-OH is 1. The van der Waals surface area contributed by atoms with Crippen molar-refractivity contribution in [2.45, 2.75) is 39.0 Å². The van der Waals surface area contributed by atoms with Gasteiger partial charge < -0.3 is 5.11 Å². The molecule has 0 atom stereocenters. The molecular weight excluding hydrogens is 100 g/mol. The molecule has 0 aliphatic rings.